The highest BCUT2D eigenvalue weighted by atomic mass is 16.8. The van der Waals surface area contributed by atoms with Crippen molar-refractivity contribution in [1.82, 2.24) is 31.9 Å². The fourth-order valence-electron chi connectivity index (χ4n) is 6.93. The zero-order chi connectivity index (χ0) is 48.2. The predicted molar refractivity (Wildman–Crippen MR) is 201 cm³/mol. The number of rotatable bonds is 24. The van der Waals surface area contributed by atoms with Gasteiger partial charge in [0.15, 0.2) is 12.6 Å². The highest BCUT2D eigenvalue weighted by Crippen LogP contribution is 2.35. The largest absolute Gasteiger partial charge is 0.548 e. The normalized spacial score (nSPS) is 29.0. The predicted octanol–water partition coefficient (Wildman–Crippen LogP) is -10.9. The maximum atomic E-state index is 13.5. The number of hydrogen-bond acceptors (Lipinski definition) is 20. The molecule has 362 valence electrons. The van der Waals surface area contributed by atoms with Crippen molar-refractivity contribution < 1.29 is 103 Å². The molecule has 27 nitrogen and oxygen atoms in total. The molecular formula is C37H57N7O20-2. The van der Waals surface area contributed by atoms with Crippen LogP contribution in [-0.2, 0) is 66.8 Å². The monoisotopic (exact) mass is 919 g/mol. The Kier molecular flexibility index (Phi) is 20.2. The van der Waals surface area contributed by atoms with Gasteiger partial charge in [-0.3, -0.25) is 28.8 Å². The second kappa shape index (κ2) is 24.2. The van der Waals surface area contributed by atoms with E-state index in [2.05, 4.69) is 37.6 Å². The van der Waals surface area contributed by atoms with Gasteiger partial charge in [-0.1, -0.05) is 0 Å². The number of aliphatic hydroxyl groups excluding tert-OH is 3. The molecule has 0 radical (unpaired) electrons. The maximum Gasteiger partial charge on any atom is 0.249 e. The number of fused-ring (bicyclic) bond motifs is 2. The molecule has 3 aliphatic heterocycles. The number of nitrogens with one attached hydrogen (secondary N) is 6. The molecule has 3 fully saturated rings. The summed E-state index contributed by atoms with van der Waals surface area (Å²) in [5.74, 6) is -9.97. The lowest BCUT2D eigenvalue weighted by Gasteiger charge is -2.47. The van der Waals surface area contributed by atoms with E-state index in [9.17, 15) is 73.8 Å². The van der Waals surface area contributed by atoms with Crippen LogP contribution in [0.2, 0.25) is 0 Å². The minimum absolute atomic E-state index is 0.0261. The van der Waals surface area contributed by atoms with E-state index < -0.39 is 170 Å². The van der Waals surface area contributed by atoms with Crippen LogP contribution in [0.4, 0.5) is 0 Å². The standard InChI is InChI=1S/C37H59N7O20/c1-13(30(51)44-20(35(58)59)9-10-23(48)43-19(8-6-7-18(38)34(56)57)32(53)40-14(2)33(54)55)39-31(52)15(3)61-29-25(42-17(5)47)36-60-12-22(63-36)28(29)64-37-24(41-16(4)46)27(50)26(49)21(11-45)62-37/h13-15,18-22,24-29,36-37,45,49-50H,6-12,38H2,1-5H3,(H,39,52)(H,40,53)(H,41,46)(H,42,47)(H,43,48)(H,44,51)(H,54,55)(H,56,57)(H,58,59)/p-2/t13-,14+,15+,18+,19-,20+,21+,22?,24+,25+,26+,27+,28+,29+,36?,37-/m0/s1. The van der Waals surface area contributed by atoms with Crippen molar-refractivity contribution in [2.45, 2.75) is 164 Å². The SMILES string of the molecule is CC(=O)N[C@H]1[C@H](O[C@@H]2C3COC(O3)[C@H](NC(C)=O)[C@H]2O[C@H](C)C(=O)N[C@@H](C)C(=O)N[C@H](CCC(=O)N[C@@H](CCC[C@@H]([NH3+])C(=O)[O-])C(=O)N[C@H](C)C(=O)[O-])C(=O)[O-])O[C@H](CO)[C@@H](O)[C@@H]1O. The lowest BCUT2D eigenvalue weighted by atomic mass is 9.95. The Morgan fingerprint density at radius 2 is 1.34 bits per heavy atom. The molecule has 64 heavy (non-hydrogen) atoms. The topological polar surface area (TPSA) is 429 Å². The molecule has 0 saturated carbocycles. The van der Waals surface area contributed by atoms with Gasteiger partial charge in [-0.15, -0.1) is 0 Å². The maximum absolute atomic E-state index is 13.5. The Morgan fingerprint density at radius 3 is 1.92 bits per heavy atom. The molecule has 3 aliphatic rings. The first-order valence-corrected chi connectivity index (χ1v) is 20.4. The number of ether oxygens (including phenoxy) is 5. The molecule has 27 heteroatoms. The van der Waals surface area contributed by atoms with Crippen molar-refractivity contribution in [3.63, 3.8) is 0 Å². The molecule has 0 aromatic carbocycles. The fourth-order valence-corrected chi connectivity index (χ4v) is 6.93. The van der Waals surface area contributed by atoms with Gasteiger partial charge in [0, 0.05) is 26.7 Å². The number of carbonyl (C=O) groups is 9. The van der Waals surface area contributed by atoms with Gasteiger partial charge in [0.1, 0.15) is 72.9 Å². The zero-order valence-corrected chi connectivity index (χ0v) is 35.7. The van der Waals surface area contributed by atoms with Crippen LogP contribution in [0.5, 0.6) is 0 Å². The van der Waals surface area contributed by atoms with Crippen molar-refractivity contribution in [3.8, 4) is 0 Å². The number of aliphatic hydroxyl groups is 3. The Bertz CT molecular complexity index is 1710. The minimum atomic E-state index is -1.82. The van der Waals surface area contributed by atoms with Gasteiger partial charge < -0.3 is 106 Å². The third-order valence-electron chi connectivity index (χ3n) is 10.5. The number of amides is 6. The fraction of sp³-hybridized carbons (Fsp3) is 0.757. The molecule has 0 spiro atoms. The summed E-state index contributed by atoms with van der Waals surface area (Å²) in [5.41, 5.74) is 3.40. The van der Waals surface area contributed by atoms with Gasteiger partial charge in [0.05, 0.1) is 43.2 Å². The Labute approximate surface area is 365 Å². The minimum Gasteiger partial charge on any atom is -0.548 e. The first kappa shape index (κ1) is 53.2. The van der Waals surface area contributed by atoms with E-state index in [0.717, 1.165) is 13.8 Å². The van der Waals surface area contributed by atoms with E-state index in [1.54, 1.807) is 0 Å². The molecule has 16 atom stereocenters. The summed E-state index contributed by atoms with van der Waals surface area (Å²) in [6, 6.07) is -9.82. The van der Waals surface area contributed by atoms with E-state index in [-0.39, 0.29) is 25.9 Å². The Morgan fingerprint density at radius 1 is 0.719 bits per heavy atom. The van der Waals surface area contributed by atoms with Crippen LogP contribution < -0.4 is 53.0 Å². The summed E-state index contributed by atoms with van der Waals surface area (Å²) in [5, 5.41) is 79.2. The lowest BCUT2D eigenvalue weighted by molar-refractivity contribution is -0.438. The third-order valence-corrected chi connectivity index (χ3v) is 10.5. The smallest absolute Gasteiger partial charge is 0.249 e. The Balaban J connectivity index is 1.69. The second-order valence-corrected chi connectivity index (χ2v) is 15.6. The number of carbonyl (C=O) groups excluding carboxylic acids is 9. The number of hydrogen-bond donors (Lipinski definition) is 10. The number of carboxylic acids is 3. The molecular weight excluding hydrogens is 862 g/mol. The van der Waals surface area contributed by atoms with Gasteiger partial charge in [-0.2, -0.15) is 0 Å². The summed E-state index contributed by atoms with van der Waals surface area (Å²) < 4.78 is 29.6. The molecule has 3 heterocycles. The zero-order valence-electron chi connectivity index (χ0n) is 35.7. The first-order chi connectivity index (χ1) is 29.9. The van der Waals surface area contributed by atoms with E-state index >= 15 is 0 Å². The van der Waals surface area contributed by atoms with E-state index in [4.69, 9.17) is 23.7 Å². The first-order valence-electron chi connectivity index (χ1n) is 20.4. The Hall–Kier alpha value is -5.13. The number of carboxylic acid groups (broad SMARTS) is 3. The summed E-state index contributed by atoms with van der Waals surface area (Å²) in [7, 11) is 0. The number of aliphatic carboxylic acids is 3. The van der Waals surface area contributed by atoms with Gasteiger partial charge in [0.25, 0.3) is 0 Å². The van der Waals surface area contributed by atoms with Crippen LogP contribution in [0.1, 0.15) is 66.7 Å². The third kappa shape index (κ3) is 15.0. The molecule has 0 aromatic heterocycles. The van der Waals surface area contributed by atoms with Gasteiger partial charge in [-0.05, 0) is 40.0 Å². The summed E-state index contributed by atoms with van der Waals surface area (Å²) in [6.45, 7) is 5.00. The molecule has 6 amide bonds. The van der Waals surface area contributed by atoms with Gasteiger partial charge in [-0.25, -0.2) is 0 Å². The summed E-state index contributed by atoms with van der Waals surface area (Å²) in [6.07, 6.45) is -13.8. The van der Waals surface area contributed by atoms with Crippen molar-refractivity contribution in [2.24, 2.45) is 0 Å². The van der Waals surface area contributed by atoms with Crippen molar-refractivity contribution in [2.75, 3.05) is 13.2 Å². The van der Waals surface area contributed by atoms with Crippen LogP contribution in [0, 0.1) is 0 Å². The number of quaternary nitrogens is 1. The molecule has 3 saturated heterocycles. The average molecular weight is 920 g/mol. The quantitative estimate of drug-likeness (QED) is 0.0430. The highest BCUT2D eigenvalue weighted by Gasteiger charge is 2.56. The van der Waals surface area contributed by atoms with Crippen LogP contribution in [0.25, 0.3) is 0 Å². The molecule has 2 bridgehead atoms. The molecule has 12 N–H and O–H groups in total. The van der Waals surface area contributed by atoms with Gasteiger partial charge >= 0.3 is 0 Å². The van der Waals surface area contributed by atoms with E-state index in [0.29, 0.717) is 0 Å². The van der Waals surface area contributed by atoms with Crippen molar-refractivity contribution >= 4 is 53.4 Å². The molecule has 0 aromatic rings. The lowest BCUT2D eigenvalue weighted by Crippen LogP contribution is -2.68. The highest BCUT2D eigenvalue weighted by molar-refractivity contribution is 5.92. The van der Waals surface area contributed by atoms with E-state index in [1.165, 1.54) is 20.8 Å². The van der Waals surface area contributed by atoms with Crippen LogP contribution in [0.3, 0.4) is 0 Å². The van der Waals surface area contributed by atoms with Gasteiger partial charge in [0.2, 0.25) is 35.4 Å². The average Bonchev–Trinajstić information content (AvgIpc) is 3.66. The molecule has 0 aliphatic carbocycles. The molecule has 2 unspecified atom stereocenters. The van der Waals surface area contributed by atoms with Crippen LogP contribution in [0.15, 0.2) is 0 Å². The summed E-state index contributed by atoms with van der Waals surface area (Å²) in [4.78, 5) is 111. The van der Waals surface area contributed by atoms with E-state index in [1.807, 2.05) is 0 Å². The van der Waals surface area contributed by atoms with Crippen LogP contribution >= 0.6 is 0 Å². The molecule has 3 rings (SSSR count). The van der Waals surface area contributed by atoms with Crippen molar-refractivity contribution in [3.05, 3.63) is 0 Å². The second-order valence-electron chi connectivity index (χ2n) is 15.6. The van der Waals surface area contributed by atoms with Crippen LogP contribution in [-0.4, -0.2) is 179 Å². The summed E-state index contributed by atoms with van der Waals surface area (Å²) >= 11 is 0. The van der Waals surface area contributed by atoms with Crippen molar-refractivity contribution in [1.29, 1.82) is 0 Å².